The van der Waals surface area contributed by atoms with Gasteiger partial charge in [0.25, 0.3) is 0 Å². The van der Waals surface area contributed by atoms with Crippen LogP contribution in [0, 0.1) is 0 Å². The van der Waals surface area contributed by atoms with Crippen LogP contribution in [0.1, 0.15) is 35.2 Å². The molecule has 0 aliphatic heterocycles. The zero-order chi connectivity index (χ0) is 20.6. The molecule has 29 heavy (non-hydrogen) atoms. The second-order valence-corrected chi connectivity index (χ2v) is 8.32. The molecule has 0 aliphatic rings. The minimum absolute atomic E-state index is 0. The lowest BCUT2D eigenvalue weighted by Gasteiger charge is -2.09. The van der Waals surface area contributed by atoms with Crippen molar-refractivity contribution in [1.82, 2.24) is 5.32 Å². The average Bonchev–Trinajstić information content (AvgIpc) is 2.67. The Labute approximate surface area is 183 Å². The molecule has 0 saturated carbocycles. The summed E-state index contributed by atoms with van der Waals surface area (Å²) in [6, 6.07) is 12.0. The smallest absolute Gasteiger partial charge is 0.241 e. The lowest BCUT2D eigenvalue weighted by molar-refractivity contribution is 0.0979. The maximum Gasteiger partial charge on any atom is 0.241 e. The Bertz CT molecular complexity index is 920. The third-order valence-electron chi connectivity index (χ3n) is 4.33. The lowest BCUT2D eigenvalue weighted by Crippen LogP contribution is -2.19. The molecular weight excluding hydrogens is 435 g/mol. The first-order valence-electron chi connectivity index (χ1n) is 9.01. The zero-order valence-electron chi connectivity index (χ0n) is 16.2. The summed E-state index contributed by atoms with van der Waals surface area (Å²) in [6.45, 7) is 1.61. The van der Waals surface area contributed by atoms with E-state index in [0.29, 0.717) is 18.4 Å². The Kier molecular flexibility index (Phi) is 10.6. The first kappa shape index (κ1) is 25.4. The molecule has 2 aromatic carbocycles. The minimum Gasteiger partial charge on any atom is -0.495 e. The molecule has 0 heterocycles. The Morgan fingerprint density at radius 1 is 1.14 bits per heavy atom. The summed E-state index contributed by atoms with van der Waals surface area (Å²) >= 11 is 6.12. The van der Waals surface area contributed by atoms with E-state index in [9.17, 15) is 13.2 Å². The van der Waals surface area contributed by atoms with Crippen molar-refractivity contribution in [2.75, 3.05) is 20.2 Å². The molecule has 0 amide bonds. The summed E-state index contributed by atoms with van der Waals surface area (Å²) < 4.78 is 28.3. The zero-order valence-corrected chi connectivity index (χ0v) is 18.6. The second kappa shape index (κ2) is 12.1. The maximum absolute atomic E-state index is 12.3. The number of unbranched alkanes of at least 4 members (excludes halogenated alkanes) is 1. The fourth-order valence-electron chi connectivity index (χ4n) is 2.80. The number of sulfonamides is 1. The number of nitrogens with one attached hydrogen (secondary N) is 1. The van der Waals surface area contributed by atoms with E-state index < -0.39 is 10.0 Å². The molecule has 9 heteroatoms. The molecule has 0 unspecified atom stereocenters. The third-order valence-corrected chi connectivity index (χ3v) is 5.63. The Morgan fingerprint density at radius 2 is 1.86 bits per heavy atom. The highest BCUT2D eigenvalue weighted by atomic mass is 35.5. The van der Waals surface area contributed by atoms with Gasteiger partial charge in [-0.25, -0.2) is 13.6 Å². The normalized spacial score (nSPS) is 11.0. The number of ether oxygens (including phenoxy) is 1. The van der Waals surface area contributed by atoms with E-state index in [0.717, 1.165) is 36.5 Å². The fraction of sp³-hybridized carbons (Fsp3) is 0.350. The van der Waals surface area contributed by atoms with Crippen LogP contribution in [-0.2, 0) is 16.4 Å². The molecule has 0 aliphatic carbocycles. The van der Waals surface area contributed by atoms with Crippen molar-refractivity contribution in [1.29, 1.82) is 0 Å². The van der Waals surface area contributed by atoms with Crippen LogP contribution in [0.15, 0.2) is 47.4 Å². The van der Waals surface area contributed by atoms with Gasteiger partial charge in [0.1, 0.15) is 10.6 Å². The van der Waals surface area contributed by atoms with E-state index in [-0.39, 0.29) is 28.8 Å². The summed E-state index contributed by atoms with van der Waals surface area (Å²) in [4.78, 5) is 12.1. The molecule has 2 aromatic rings. The van der Waals surface area contributed by atoms with Gasteiger partial charge in [-0.15, -0.1) is 12.4 Å². The first-order valence-corrected chi connectivity index (χ1v) is 10.9. The Balaban J connectivity index is 0.00000420. The molecule has 0 saturated heterocycles. The van der Waals surface area contributed by atoms with E-state index in [4.69, 9.17) is 21.5 Å². The largest absolute Gasteiger partial charge is 0.495 e. The molecule has 0 aromatic heterocycles. The van der Waals surface area contributed by atoms with E-state index >= 15 is 0 Å². The SMILES string of the molecule is COc1ccc(C(=O)CCCCNCCc2ccccc2Cl)cc1S(N)(=O)=O.Cl. The van der Waals surface area contributed by atoms with Gasteiger partial charge in [-0.2, -0.15) is 0 Å². The maximum atomic E-state index is 12.3. The number of rotatable bonds is 11. The van der Waals surface area contributed by atoms with Crippen LogP contribution < -0.4 is 15.2 Å². The van der Waals surface area contributed by atoms with Gasteiger partial charge in [0.2, 0.25) is 10.0 Å². The van der Waals surface area contributed by atoms with Crippen molar-refractivity contribution in [3.8, 4) is 5.75 Å². The molecule has 0 bridgehead atoms. The first-order chi connectivity index (χ1) is 13.3. The van der Waals surface area contributed by atoms with Gasteiger partial charge in [-0.05, 0) is 62.2 Å². The van der Waals surface area contributed by atoms with Crippen LogP contribution in [0.25, 0.3) is 0 Å². The number of primary sulfonamides is 1. The van der Waals surface area contributed by atoms with Gasteiger partial charge >= 0.3 is 0 Å². The van der Waals surface area contributed by atoms with Crippen molar-refractivity contribution in [2.24, 2.45) is 5.14 Å². The Morgan fingerprint density at radius 3 is 2.52 bits per heavy atom. The van der Waals surface area contributed by atoms with Crippen molar-refractivity contribution in [3.63, 3.8) is 0 Å². The van der Waals surface area contributed by atoms with Crippen LogP contribution in [0.2, 0.25) is 5.02 Å². The highest BCUT2D eigenvalue weighted by molar-refractivity contribution is 7.89. The summed E-state index contributed by atoms with van der Waals surface area (Å²) in [5.74, 6) is 0.00499. The summed E-state index contributed by atoms with van der Waals surface area (Å²) in [7, 11) is -2.61. The highest BCUT2D eigenvalue weighted by Crippen LogP contribution is 2.24. The monoisotopic (exact) mass is 460 g/mol. The van der Waals surface area contributed by atoms with Gasteiger partial charge in [0, 0.05) is 17.0 Å². The van der Waals surface area contributed by atoms with Crippen LogP contribution >= 0.6 is 24.0 Å². The molecule has 160 valence electrons. The predicted molar refractivity (Wildman–Crippen MR) is 118 cm³/mol. The van der Waals surface area contributed by atoms with E-state index in [1.54, 1.807) is 6.07 Å². The highest BCUT2D eigenvalue weighted by Gasteiger charge is 2.17. The number of halogens is 2. The molecule has 6 nitrogen and oxygen atoms in total. The van der Waals surface area contributed by atoms with Crippen molar-refractivity contribution in [3.05, 3.63) is 58.6 Å². The van der Waals surface area contributed by atoms with Crippen LogP contribution in [0.5, 0.6) is 5.75 Å². The van der Waals surface area contributed by atoms with Crippen molar-refractivity contribution in [2.45, 2.75) is 30.6 Å². The van der Waals surface area contributed by atoms with Crippen LogP contribution in [0.4, 0.5) is 0 Å². The molecule has 2 rings (SSSR count). The van der Waals surface area contributed by atoms with Gasteiger partial charge in [-0.1, -0.05) is 29.8 Å². The number of carbonyl (C=O) groups is 1. The number of methoxy groups -OCH3 is 1. The average molecular weight is 461 g/mol. The standard InChI is InChI=1S/C20H25ClN2O4S.ClH/c1-27-19-10-9-16(14-20(19)28(22,25)26)18(24)8-4-5-12-23-13-11-15-6-2-3-7-17(15)21;/h2-3,6-7,9-10,14,23H,4-5,8,11-13H2,1H3,(H2,22,25,26);1H. The number of benzene rings is 2. The number of hydrogen-bond donors (Lipinski definition) is 2. The fourth-order valence-corrected chi connectivity index (χ4v) is 3.75. The van der Waals surface area contributed by atoms with Gasteiger partial charge in [-0.3, -0.25) is 4.79 Å². The number of hydrogen-bond acceptors (Lipinski definition) is 5. The van der Waals surface area contributed by atoms with Crippen molar-refractivity contribution >= 4 is 39.8 Å². The second-order valence-electron chi connectivity index (χ2n) is 6.38. The minimum atomic E-state index is -3.96. The number of ketones is 1. The number of Topliss-reactive ketones (excluding diaryl/α,β-unsaturated/α-hetero) is 1. The summed E-state index contributed by atoms with van der Waals surface area (Å²) in [6.07, 6.45) is 2.73. The summed E-state index contributed by atoms with van der Waals surface area (Å²) in [5, 5.41) is 9.29. The number of nitrogens with two attached hydrogens (primary N) is 1. The van der Waals surface area contributed by atoms with E-state index in [1.807, 2.05) is 24.3 Å². The molecule has 0 atom stereocenters. The molecule has 0 fully saturated rings. The van der Waals surface area contributed by atoms with Crippen LogP contribution in [-0.4, -0.2) is 34.4 Å². The predicted octanol–water partition coefficient (Wildman–Crippen LogP) is 3.60. The van der Waals surface area contributed by atoms with Crippen LogP contribution in [0.3, 0.4) is 0 Å². The lowest BCUT2D eigenvalue weighted by atomic mass is 10.1. The van der Waals surface area contributed by atoms with E-state index in [2.05, 4.69) is 5.32 Å². The topological polar surface area (TPSA) is 98.5 Å². The van der Waals surface area contributed by atoms with Crippen molar-refractivity contribution < 1.29 is 17.9 Å². The van der Waals surface area contributed by atoms with Gasteiger partial charge in [0.05, 0.1) is 7.11 Å². The summed E-state index contributed by atoms with van der Waals surface area (Å²) in [5.41, 5.74) is 1.42. The quantitative estimate of drug-likeness (QED) is 0.394. The molecule has 0 radical (unpaired) electrons. The molecular formula is C20H26Cl2N2O4S. The van der Waals surface area contributed by atoms with Gasteiger partial charge < -0.3 is 10.1 Å². The van der Waals surface area contributed by atoms with Gasteiger partial charge in [0.15, 0.2) is 5.78 Å². The van der Waals surface area contributed by atoms with E-state index in [1.165, 1.54) is 19.2 Å². The molecule has 0 spiro atoms. The third kappa shape index (κ3) is 7.95. The Hall–Kier alpha value is -1.64. The molecule has 3 N–H and O–H groups in total. The number of carbonyl (C=O) groups excluding carboxylic acids is 1.